The molecule has 0 unspecified atom stereocenters. The second-order valence-electron chi connectivity index (χ2n) is 18.0. The van der Waals surface area contributed by atoms with Crippen molar-refractivity contribution in [2.45, 2.75) is 133 Å². The van der Waals surface area contributed by atoms with Crippen molar-refractivity contribution in [3.63, 3.8) is 0 Å². The molecule has 73 heavy (non-hydrogen) atoms. The summed E-state index contributed by atoms with van der Waals surface area (Å²) in [4.78, 5) is 112. The van der Waals surface area contributed by atoms with Crippen LogP contribution in [0.15, 0.2) is 89.5 Å². The summed E-state index contributed by atoms with van der Waals surface area (Å²) in [7, 11) is 0. The molecular formula is C46H68N20O7. The van der Waals surface area contributed by atoms with Crippen LogP contribution in [0.5, 0.6) is 0 Å². The third-order valence-electron chi connectivity index (χ3n) is 10.2. The first kappa shape index (κ1) is 58.5. The first-order chi connectivity index (χ1) is 34.0. The molecule has 0 fully saturated rings. The number of imidazole rings is 2. The lowest BCUT2D eigenvalue weighted by atomic mass is 10.3. The lowest BCUT2D eigenvalue weighted by molar-refractivity contribution is 0.558. The van der Waals surface area contributed by atoms with Gasteiger partial charge in [-0.15, -0.1) is 0 Å². The molecule has 0 spiro atoms. The maximum atomic E-state index is 11.4. The maximum absolute atomic E-state index is 11.4. The first-order valence-corrected chi connectivity index (χ1v) is 23.0. The van der Waals surface area contributed by atoms with Crippen LogP contribution in [-0.4, -0.2) is 77.2 Å². The summed E-state index contributed by atoms with van der Waals surface area (Å²) >= 11 is 0. The summed E-state index contributed by atoms with van der Waals surface area (Å²) in [6.07, 6.45) is 11.2. The van der Waals surface area contributed by atoms with Crippen LogP contribution in [0.25, 0.3) is 22.3 Å². The van der Waals surface area contributed by atoms with E-state index in [0.29, 0.717) is 39.9 Å². The zero-order chi connectivity index (χ0) is 55.2. The van der Waals surface area contributed by atoms with Crippen molar-refractivity contribution < 1.29 is 0 Å². The number of aromatic amines is 3. The number of nitrogen functional groups attached to an aromatic ring is 4. The fourth-order valence-electron chi connectivity index (χ4n) is 6.14. The number of aryl methyl sites for hydroxylation is 2. The molecule has 27 heteroatoms. The maximum Gasteiger partial charge on any atom is 0.349 e. The number of H-pyrrole nitrogens is 3. The third kappa shape index (κ3) is 16.1. The van der Waals surface area contributed by atoms with Gasteiger partial charge in [0.2, 0.25) is 5.95 Å². The Bertz CT molecular complexity index is 3530. The van der Waals surface area contributed by atoms with Gasteiger partial charge in [0.25, 0.3) is 16.7 Å². The first-order valence-electron chi connectivity index (χ1n) is 23.0. The minimum absolute atomic E-state index is 0.0769. The van der Waals surface area contributed by atoms with Crippen molar-refractivity contribution in [1.29, 1.82) is 0 Å². The van der Waals surface area contributed by atoms with Gasteiger partial charge in [0, 0.05) is 78.2 Å². The number of hydrogen-bond acceptors (Lipinski definition) is 18. The van der Waals surface area contributed by atoms with Crippen molar-refractivity contribution in [1.82, 2.24) is 77.2 Å². The fraction of sp³-hybridized carbons (Fsp3) is 0.435. The van der Waals surface area contributed by atoms with Crippen LogP contribution in [0, 0.1) is 13.8 Å². The molecule has 8 aromatic rings. The summed E-state index contributed by atoms with van der Waals surface area (Å²) in [6, 6.07) is 3.91. The zero-order valence-corrected chi connectivity index (χ0v) is 43.6. The van der Waals surface area contributed by atoms with Crippen molar-refractivity contribution in [3.05, 3.63) is 140 Å². The minimum atomic E-state index is -0.355. The van der Waals surface area contributed by atoms with Gasteiger partial charge in [0.05, 0.1) is 12.7 Å². The predicted molar refractivity (Wildman–Crippen MR) is 283 cm³/mol. The van der Waals surface area contributed by atoms with E-state index in [2.05, 4.69) is 63.7 Å². The van der Waals surface area contributed by atoms with Crippen molar-refractivity contribution in [2.24, 2.45) is 0 Å². The Balaban J connectivity index is 0.000000232. The van der Waals surface area contributed by atoms with E-state index in [9.17, 15) is 33.6 Å². The van der Waals surface area contributed by atoms with E-state index >= 15 is 0 Å². The number of anilines is 4. The van der Waals surface area contributed by atoms with E-state index < -0.39 is 0 Å². The van der Waals surface area contributed by atoms with Gasteiger partial charge >= 0.3 is 22.8 Å². The quantitative estimate of drug-likeness (QED) is 0.126. The van der Waals surface area contributed by atoms with Gasteiger partial charge in [-0.25, -0.2) is 39.1 Å². The molecular weight excluding hydrogens is 945 g/mol. The fourth-order valence-corrected chi connectivity index (χ4v) is 6.14. The van der Waals surface area contributed by atoms with Gasteiger partial charge < -0.3 is 32.1 Å². The highest BCUT2D eigenvalue weighted by Gasteiger charge is 2.12. The predicted octanol–water partition coefficient (Wildman–Crippen LogP) is 2.94. The lowest BCUT2D eigenvalue weighted by Gasteiger charge is -2.09. The number of fused-ring (bicyclic) bond motifs is 2. The van der Waals surface area contributed by atoms with Gasteiger partial charge in [0.1, 0.15) is 23.5 Å². The van der Waals surface area contributed by atoms with Crippen molar-refractivity contribution in [2.75, 3.05) is 22.9 Å². The Morgan fingerprint density at radius 3 is 1.48 bits per heavy atom. The molecule has 0 aliphatic heterocycles. The number of nitrogens with zero attached hydrogens (tertiary/aromatic N) is 13. The molecule has 0 aliphatic rings. The number of rotatable bonds is 6. The zero-order valence-electron chi connectivity index (χ0n) is 43.6. The topological polar surface area (TPSA) is 391 Å². The molecule has 27 nitrogen and oxygen atoms in total. The summed E-state index contributed by atoms with van der Waals surface area (Å²) in [6.45, 7) is 26.8. The van der Waals surface area contributed by atoms with Gasteiger partial charge in [0.15, 0.2) is 22.6 Å². The molecule has 0 atom stereocenters. The standard InChI is InChI=1S/C8H11N5O.C8H11N5.C8H13N3O.C8H12N2O2.C7H11N3O.C7H10N2O2/c1-4(2)13-3-10-5-6(13)11-8(9)12-7(5)14;1-5(2)13-4-12-6-7(9)10-3-11-8(6)13;1-5(2)11-4-6(3)7(9)10-8(11)12;1-5(2)10-4-6(3)7(11)9-8(10)12;1-5(2)10-4-3-6(8)9-7(10)11;1-5(2)9-4-3-6(10)8-7(9)11/h3-4H,1-2H3,(H3,9,11,12,14);3-5H,1-2H3,(H2,9,10,11);4-5H,1-3H3,(H2,9,10,12);4-5H,1-3H3,(H,9,11,12);3-5H,1-2H3,(H2,8,9,11);3-5H,1-2H3,(H,8,10,11). The van der Waals surface area contributed by atoms with Crippen LogP contribution >= 0.6 is 0 Å². The van der Waals surface area contributed by atoms with Crippen LogP contribution < -0.4 is 62.4 Å². The molecule has 0 amide bonds. The molecule has 0 saturated carbocycles. The summed E-state index contributed by atoms with van der Waals surface area (Å²) in [5.41, 5.74) is 23.3. The largest absolute Gasteiger partial charge is 0.383 e. The number of aromatic nitrogens is 16. The average molecular weight is 1010 g/mol. The average Bonchev–Trinajstić information content (AvgIpc) is 3.93. The van der Waals surface area contributed by atoms with Crippen molar-refractivity contribution >= 4 is 45.7 Å². The van der Waals surface area contributed by atoms with Gasteiger partial charge in [-0.2, -0.15) is 15.0 Å². The SMILES string of the molecule is CC(C)n1ccc(=O)[nH]c1=O.CC(C)n1ccc(N)nc1=O.CC(C)n1cnc2c(=O)[nH]c(N)nc21.CC(C)n1cnc2c(N)ncnc21.Cc1cn(C(C)C)c(=O)[nH]c1=O.Cc1cn(C(C)C)c(=O)nc1N. The van der Waals surface area contributed by atoms with Gasteiger partial charge in [-0.3, -0.25) is 47.6 Å². The third-order valence-corrected chi connectivity index (χ3v) is 10.2. The number of nitrogens with one attached hydrogen (secondary N) is 3. The monoisotopic (exact) mass is 1010 g/mol. The van der Waals surface area contributed by atoms with E-state index in [1.54, 1.807) is 53.4 Å². The van der Waals surface area contributed by atoms with E-state index in [0.717, 1.165) is 11.2 Å². The lowest BCUT2D eigenvalue weighted by Crippen LogP contribution is -2.31. The Hall–Kier alpha value is -8.78. The second kappa shape index (κ2) is 25.9. The Kier molecular flexibility index (Phi) is 20.8. The van der Waals surface area contributed by atoms with Crippen LogP contribution in [0.2, 0.25) is 0 Å². The van der Waals surface area contributed by atoms with E-state index in [4.69, 9.17) is 22.9 Å². The number of nitrogens with two attached hydrogens (primary N) is 4. The summed E-state index contributed by atoms with van der Waals surface area (Å²) in [5.74, 6) is 1.14. The Morgan fingerprint density at radius 1 is 0.452 bits per heavy atom. The Labute approximate surface area is 418 Å². The van der Waals surface area contributed by atoms with Crippen LogP contribution in [0.4, 0.5) is 23.4 Å². The summed E-state index contributed by atoms with van der Waals surface area (Å²) in [5, 5.41) is 0. The minimum Gasteiger partial charge on any atom is -0.383 e. The van der Waals surface area contributed by atoms with Gasteiger partial charge in [-0.1, -0.05) is 0 Å². The number of hydrogen-bond donors (Lipinski definition) is 7. The van der Waals surface area contributed by atoms with Gasteiger partial charge in [-0.05, 0) is 103 Å². The molecule has 11 N–H and O–H groups in total. The molecule has 8 rings (SSSR count). The van der Waals surface area contributed by atoms with Crippen LogP contribution in [-0.2, 0) is 0 Å². The molecule has 0 aliphatic carbocycles. The van der Waals surface area contributed by atoms with E-state index in [1.807, 2.05) is 80.7 Å². The van der Waals surface area contributed by atoms with E-state index in [-0.39, 0.29) is 81.4 Å². The smallest absolute Gasteiger partial charge is 0.349 e. The van der Waals surface area contributed by atoms with E-state index in [1.165, 1.54) is 32.3 Å². The van der Waals surface area contributed by atoms with Crippen LogP contribution in [0.1, 0.15) is 130 Å². The highest BCUT2D eigenvalue weighted by atomic mass is 16.2. The molecule has 0 aromatic carbocycles. The normalized spacial score (nSPS) is 10.8. The molecule has 394 valence electrons. The molecule has 8 heterocycles. The highest BCUT2D eigenvalue weighted by Crippen LogP contribution is 2.18. The molecule has 0 radical (unpaired) electrons. The summed E-state index contributed by atoms with van der Waals surface area (Å²) < 4.78 is 9.81. The highest BCUT2D eigenvalue weighted by molar-refractivity contribution is 5.81. The Morgan fingerprint density at radius 2 is 0.945 bits per heavy atom. The van der Waals surface area contributed by atoms with Crippen molar-refractivity contribution in [3.8, 4) is 0 Å². The van der Waals surface area contributed by atoms with Crippen LogP contribution in [0.3, 0.4) is 0 Å². The molecule has 0 bridgehead atoms. The molecule has 0 saturated heterocycles. The molecule has 8 aromatic heterocycles. The second-order valence-corrected chi connectivity index (χ2v) is 18.0.